The van der Waals surface area contributed by atoms with Gasteiger partial charge in [-0.1, -0.05) is 15.9 Å². The van der Waals surface area contributed by atoms with Crippen molar-refractivity contribution in [3.63, 3.8) is 0 Å². The lowest BCUT2D eigenvalue weighted by atomic mass is 10.2. The number of ether oxygens (including phenoxy) is 1. The molecule has 0 spiro atoms. The Bertz CT molecular complexity index is 289. The molecule has 1 N–H and O–H groups in total. The lowest BCUT2D eigenvalue weighted by molar-refractivity contribution is 0.00343. The van der Waals surface area contributed by atoms with E-state index in [1.54, 1.807) is 7.11 Å². The van der Waals surface area contributed by atoms with Crippen LogP contribution in [0.3, 0.4) is 0 Å². The third-order valence-electron chi connectivity index (χ3n) is 1.69. The second-order valence-electron chi connectivity index (χ2n) is 2.94. The molecule has 1 aromatic rings. The number of methoxy groups -OCH3 is 1. The van der Waals surface area contributed by atoms with E-state index in [4.69, 9.17) is 9.57 Å². The number of hydrogen-bond acceptors (Lipinski definition) is 3. The fraction of sp³-hybridized carbons (Fsp3) is 0.400. The van der Waals surface area contributed by atoms with E-state index in [1.807, 2.05) is 6.07 Å². The summed E-state index contributed by atoms with van der Waals surface area (Å²) in [5.41, 5.74) is 3.54. The number of nitrogens with one attached hydrogen (secondary N) is 1. The van der Waals surface area contributed by atoms with Gasteiger partial charge in [-0.15, -0.1) is 0 Å². The number of hydroxylamine groups is 1. The van der Waals surface area contributed by atoms with Crippen molar-refractivity contribution in [3.05, 3.63) is 34.1 Å². The molecule has 0 aliphatic carbocycles. The molecule has 0 saturated carbocycles. The van der Waals surface area contributed by atoms with Gasteiger partial charge in [-0.3, -0.25) is 4.84 Å². The van der Waals surface area contributed by atoms with Gasteiger partial charge in [0.05, 0.1) is 13.2 Å². The predicted octanol–water partition coefficient (Wildman–Crippen LogP) is 2.26. The molecule has 0 radical (unpaired) electrons. The van der Waals surface area contributed by atoms with Crippen LogP contribution in [-0.4, -0.2) is 20.3 Å². The summed E-state index contributed by atoms with van der Waals surface area (Å²) >= 11 is 3.22. The molecule has 0 amide bonds. The first-order chi connectivity index (χ1) is 7.22. The Balaban J connectivity index is 2.31. The maximum Gasteiger partial charge on any atom is 0.124 e. The fourth-order valence-corrected chi connectivity index (χ4v) is 1.56. The summed E-state index contributed by atoms with van der Waals surface area (Å²) in [6, 6.07) is 4.70. The summed E-state index contributed by atoms with van der Waals surface area (Å²) in [6.07, 6.45) is 0. The molecule has 0 fully saturated rings. The van der Waals surface area contributed by atoms with E-state index in [9.17, 15) is 4.39 Å². The van der Waals surface area contributed by atoms with Crippen LogP contribution < -0.4 is 5.48 Å². The average molecular weight is 278 g/mol. The van der Waals surface area contributed by atoms with Gasteiger partial charge in [0.25, 0.3) is 0 Å². The Morgan fingerprint density at radius 3 is 2.80 bits per heavy atom. The molecule has 0 heterocycles. The highest BCUT2D eigenvalue weighted by atomic mass is 79.9. The third kappa shape index (κ3) is 5.22. The van der Waals surface area contributed by atoms with Gasteiger partial charge in [0.1, 0.15) is 5.82 Å². The molecule has 0 bridgehead atoms. The second kappa shape index (κ2) is 6.90. The first kappa shape index (κ1) is 12.6. The molecule has 84 valence electrons. The highest BCUT2D eigenvalue weighted by Gasteiger charge is 1.98. The van der Waals surface area contributed by atoms with Crippen LogP contribution in [0.25, 0.3) is 0 Å². The van der Waals surface area contributed by atoms with Gasteiger partial charge in [0.15, 0.2) is 0 Å². The van der Waals surface area contributed by atoms with Crippen LogP contribution in [0, 0.1) is 5.82 Å². The highest BCUT2D eigenvalue weighted by molar-refractivity contribution is 9.10. The van der Waals surface area contributed by atoms with E-state index in [0.29, 0.717) is 19.8 Å². The van der Waals surface area contributed by atoms with E-state index in [-0.39, 0.29) is 5.82 Å². The van der Waals surface area contributed by atoms with Crippen LogP contribution in [0.4, 0.5) is 4.39 Å². The quantitative estimate of drug-likeness (QED) is 0.639. The van der Waals surface area contributed by atoms with Crippen LogP contribution in [0.1, 0.15) is 5.56 Å². The average Bonchev–Trinajstić information content (AvgIpc) is 2.16. The first-order valence-corrected chi connectivity index (χ1v) is 5.30. The maximum atomic E-state index is 12.9. The Kier molecular flexibility index (Phi) is 5.78. The zero-order valence-corrected chi connectivity index (χ0v) is 10.0. The minimum absolute atomic E-state index is 0.266. The summed E-state index contributed by atoms with van der Waals surface area (Å²) in [5.74, 6) is -0.266. The van der Waals surface area contributed by atoms with E-state index in [1.165, 1.54) is 12.1 Å². The summed E-state index contributed by atoms with van der Waals surface area (Å²) in [5, 5.41) is 0. The zero-order chi connectivity index (χ0) is 11.1. The minimum atomic E-state index is -0.266. The summed E-state index contributed by atoms with van der Waals surface area (Å²) in [4.78, 5) is 5.04. The van der Waals surface area contributed by atoms with E-state index in [2.05, 4.69) is 21.4 Å². The molecule has 5 heteroatoms. The summed E-state index contributed by atoms with van der Waals surface area (Å²) < 4.78 is 18.5. The zero-order valence-electron chi connectivity index (χ0n) is 8.43. The van der Waals surface area contributed by atoms with Gasteiger partial charge in [0, 0.05) is 18.1 Å². The van der Waals surface area contributed by atoms with Crippen molar-refractivity contribution in [1.29, 1.82) is 0 Å². The van der Waals surface area contributed by atoms with Crippen molar-refractivity contribution in [2.75, 3.05) is 20.3 Å². The molecule has 15 heavy (non-hydrogen) atoms. The fourth-order valence-electron chi connectivity index (χ4n) is 1.04. The van der Waals surface area contributed by atoms with E-state index >= 15 is 0 Å². The maximum absolute atomic E-state index is 12.9. The largest absolute Gasteiger partial charge is 0.382 e. The standard InChI is InChI=1S/C10H13BrFNO2/c1-14-2-3-15-13-7-8-4-9(11)6-10(12)5-8/h4-6,13H,2-3,7H2,1H3. The number of rotatable bonds is 6. The van der Waals surface area contributed by atoms with Crippen LogP contribution in [0.2, 0.25) is 0 Å². The Labute approximate surface area is 96.7 Å². The van der Waals surface area contributed by atoms with Gasteiger partial charge < -0.3 is 4.74 Å². The second-order valence-corrected chi connectivity index (χ2v) is 3.86. The van der Waals surface area contributed by atoms with E-state index in [0.717, 1.165) is 10.0 Å². The topological polar surface area (TPSA) is 30.5 Å². The lowest BCUT2D eigenvalue weighted by Gasteiger charge is -2.06. The third-order valence-corrected chi connectivity index (χ3v) is 2.15. The summed E-state index contributed by atoms with van der Waals surface area (Å²) in [6.45, 7) is 1.45. The van der Waals surface area contributed by atoms with Crippen LogP contribution in [0.15, 0.2) is 22.7 Å². The molecule has 0 unspecified atom stereocenters. The van der Waals surface area contributed by atoms with Crippen molar-refractivity contribution >= 4 is 15.9 Å². The van der Waals surface area contributed by atoms with Crippen molar-refractivity contribution in [2.24, 2.45) is 0 Å². The van der Waals surface area contributed by atoms with Crippen molar-refractivity contribution in [3.8, 4) is 0 Å². The van der Waals surface area contributed by atoms with Crippen molar-refractivity contribution in [2.45, 2.75) is 6.54 Å². The molecule has 1 aromatic carbocycles. The molecular formula is C10H13BrFNO2. The first-order valence-electron chi connectivity index (χ1n) is 4.51. The van der Waals surface area contributed by atoms with Crippen molar-refractivity contribution < 1.29 is 14.0 Å². The molecule has 0 aliphatic rings. The molecule has 0 saturated heterocycles. The SMILES string of the molecule is COCCONCc1cc(F)cc(Br)c1. The van der Waals surface area contributed by atoms with Crippen molar-refractivity contribution in [1.82, 2.24) is 5.48 Å². The number of halogens is 2. The lowest BCUT2D eigenvalue weighted by Crippen LogP contribution is -2.17. The molecular weight excluding hydrogens is 265 g/mol. The normalized spacial score (nSPS) is 10.6. The van der Waals surface area contributed by atoms with Crippen LogP contribution in [0.5, 0.6) is 0 Å². The minimum Gasteiger partial charge on any atom is -0.382 e. The molecule has 3 nitrogen and oxygen atoms in total. The predicted molar refractivity (Wildman–Crippen MR) is 58.8 cm³/mol. The monoisotopic (exact) mass is 277 g/mol. The van der Waals surface area contributed by atoms with Crippen LogP contribution >= 0.6 is 15.9 Å². The molecule has 0 aromatic heterocycles. The van der Waals surface area contributed by atoms with Gasteiger partial charge >= 0.3 is 0 Å². The highest BCUT2D eigenvalue weighted by Crippen LogP contribution is 2.14. The summed E-state index contributed by atoms with van der Waals surface area (Å²) in [7, 11) is 1.60. The molecule has 0 atom stereocenters. The molecule has 0 aliphatic heterocycles. The van der Waals surface area contributed by atoms with Crippen LogP contribution in [-0.2, 0) is 16.1 Å². The van der Waals surface area contributed by atoms with E-state index < -0.39 is 0 Å². The number of benzene rings is 1. The van der Waals surface area contributed by atoms with Gasteiger partial charge in [-0.2, -0.15) is 5.48 Å². The Morgan fingerprint density at radius 1 is 1.33 bits per heavy atom. The molecule has 1 rings (SSSR count). The smallest absolute Gasteiger partial charge is 0.124 e. The number of hydrogen-bond donors (Lipinski definition) is 1. The Hall–Kier alpha value is -0.490. The van der Waals surface area contributed by atoms with Gasteiger partial charge in [-0.05, 0) is 23.8 Å². The van der Waals surface area contributed by atoms with Gasteiger partial charge in [-0.25, -0.2) is 4.39 Å². The Morgan fingerprint density at radius 2 is 2.13 bits per heavy atom. The van der Waals surface area contributed by atoms with Gasteiger partial charge in [0.2, 0.25) is 0 Å².